The molecule has 0 bridgehead atoms. The number of aromatic amines is 1. The van der Waals surface area contributed by atoms with Gasteiger partial charge in [-0.3, -0.25) is 0 Å². The van der Waals surface area contributed by atoms with Gasteiger partial charge in [0.1, 0.15) is 5.82 Å². The summed E-state index contributed by atoms with van der Waals surface area (Å²) in [7, 11) is 0. The highest BCUT2D eigenvalue weighted by atomic mass is 32.1. The van der Waals surface area contributed by atoms with Crippen LogP contribution in [0.4, 0.5) is 4.39 Å². The van der Waals surface area contributed by atoms with Crippen LogP contribution in [-0.2, 0) is 6.42 Å². The topological polar surface area (TPSA) is 15.8 Å². The van der Waals surface area contributed by atoms with E-state index in [4.69, 9.17) is 0 Å². The van der Waals surface area contributed by atoms with E-state index in [0.29, 0.717) is 11.8 Å². The van der Waals surface area contributed by atoms with E-state index in [1.807, 2.05) is 6.07 Å². The first-order chi connectivity index (χ1) is 12.2. The number of benzene rings is 2. The summed E-state index contributed by atoms with van der Waals surface area (Å²) < 4.78 is 13.5. The lowest BCUT2D eigenvalue weighted by atomic mass is 9.87. The number of aromatic nitrogens is 1. The third kappa shape index (κ3) is 3.92. The number of hydrogen-bond donors (Lipinski definition) is 2. The molecule has 0 saturated heterocycles. The summed E-state index contributed by atoms with van der Waals surface area (Å²) in [5.74, 6) is 1.10. The van der Waals surface area contributed by atoms with Gasteiger partial charge in [-0.2, -0.15) is 0 Å². The quantitative estimate of drug-likeness (QED) is 0.395. The molecule has 25 heavy (non-hydrogen) atoms. The van der Waals surface area contributed by atoms with Gasteiger partial charge in [0.05, 0.1) is 0 Å². The fourth-order valence-electron chi connectivity index (χ4n) is 4.24. The molecule has 0 spiro atoms. The molecule has 1 heterocycles. The summed E-state index contributed by atoms with van der Waals surface area (Å²) in [6, 6.07) is 15.7. The Kier molecular flexibility index (Phi) is 4.85. The average Bonchev–Trinajstić information content (AvgIpc) is 2.88. The largest absolute Gasteiger partial charge is 0.358 e. The number of hydrogen-bond acceptors (Lipinski definition) is 1. The van der Waals surface area contributed by atoms with Crippen LogP contribution < -0.4 is 0 Å². The highest BCUT2D eigenvalue weighted by molar-refractivity contribution is 7.80. The Morgan fingerprint density at radius 2 is 1.80 bits per heavy atom. The van der Waals surface area contributed by atoms with E-state index in [2.05, 4.69) is 47.9 Å². The number of fused-ring (bicyclic) bond motifs is 1. The molecule has 1 N–H and O–H groups in total. The summed E-state index contributed by atoms with van der Waals surface area (Å²) in [4.78, 5) is 4.56. The second-order valence-corrected chi connectivity index (χ2v) is 7.93. The van der Waals surface area contributed by atoms with Crippen molar-refractivity contribution in [2.24, 2.45) is 5.92 Å². The minimum absolute atomic E-state index is 0.163. The monoisotopic (exact) mass is 353 g/mol. The maximum Gasteiger partial charge on any atom is 0.123 e. The minimum Gasteiger partial charge on any atom is -0.358 e. The van der Waals surface area contributed by atoms with Crippen LogP contribution in [0.1, 0.15) is 49.3 Å². The average molecular weight is 354 g/mol. The minimum atomic E-state index is -0.163. The fourth-order valence-corrected chi connectivity index (χ4v) is 4.39. The van der Waals surface area contributed by atoms with Gasteiger partial charge in [0.2, 0.25) is 0 Å². The van der Waals surface area contributed by atoms with Crippen molar-refractivity contribution in [1.82, 2.24) is 4.98 Å². The van der Waals surface area contributed by atoms with Crippen LogP contribution in [0.25, 0.3) is 10.9 Å². The molecule has 1 saturated carbocycles. The summed E-state index contributed by atoms with van der Waals surface area (Å²) in [6.45, 7) is 0. The second kappa shape index (κ2) is 7.25. The van der Waals surface area contributed by atoms with Crippen molar-refractivity contribution in [3.63, 3.8) is 0 Å². The Labute approximate surface area is 154 Å². The molecule has 130 valence electrons. The molecule has 4 rings (SSSR count). The second-order valence-electron chi connectivity index (χ2n) is 7.41. The maximum absolute atomic E-state index is 13.5. The van der Waals surface area contributed by atoms with E-state index < -0.39 is 0 Å². The number of halogens is 1. The van der Waals surface area contributed by atoms with Gasteiger partial charge in [-0.1, -0.05) is 31.4 Å². The predicted molar refractivity (Wildman–Crippen MR) is 105 cm³/mol. The summed E-state index contributed by atoms with van der Waals surface area (Å²) in [5, 5.41) is 0.986. The molecule has 1 nitrogen and oxygen atoms in total. The zero-order chi connectivity index (χ0) is 17.2. The third-order valence-corrected chi connectivity index (χ3v) is 5.84. The lowest BCUT2D eigenvalue weighted by Gasteiger charge is -2.19. The van der Waals surface area contributed by atoms with Gasteiger partial charge in [-0.05, 0) is 73.1 Å². The number of thiol groups is 1. The van der Waals surface area contributed by atoms with Crippen molar-refractivity contribution in [3.8, 4) is 0 Å². The summed E-state index contributed by atoms with van der Waals surface area (Å²) in [6.07, 6.45) is 7.45. The molecular formula is C22H24FNS. The molecule has 1 aromatic heterocycles. The van der Waals surface area contributed by atoms with Gasteiger partial charge in [-0.15, -0.1) is 12.6 Å². The van der Waals surface area contributed by atoms with E-state index in [-0.39, 0.29) is 5.82 Å². The van der Waals surface area contributed by atoms with Gasteiger partial charge < -0.3 is 4.98 Å². The Balaban J connectivity index is 1.53. The SMILES string of the molecule is Fc1ccc2[nH]c(C3CCCCC(Cc4ccc(S)cc4)C3)cc2c1. The highest BCUT2D eigenvalue weighted by Gasteiger charge is 2.23. The third-order valence-electron chi connectivity index (χ3n) is 5.54. The molecule has 0 aliphatic heterocycles. The smallest absolute Gasteiger partial charge is 0.123 e. The number of H-pyrrole nitrogens is 1. The van der Waals surface area contributed by atoms with Crippen LogP contribution in [0.2, 0.25) is 0 Å². The molecule has 2 atom stereocenters. The van der Waals surface area contributed by atoms with Gasteiger partial charge in [0, 0.05) is 21.5 Å². The predicted octanol–water partition coefficient (Wildman–Crippen LogP) is 6.50. The van der Waals surface area contributed by atoms with Crippen LogP contribution in [0.3, 0.4) is 0 Å². The summed E-state index contributed by atoms with van der Waals surface area (Å²) in [5.41, 5.74) is 3.72. The first-order valence-electron chi connectivity index (χ1n) is 9.23. The van der Waals surface area contributed by atoms with Crippen LogP contribution in [-0.4, -0.2) is 4.98 Å². The van der Waals surface area contributed by atoms with Crippen LogP contribution in [0, 0.1) is 11.7 Å². The molecule has 3 heteroatoms. The normalized spacial score (nSPS) is 21.4. The van der Waals surface area contributed by atoms with Crippen molar-refractivity contribution in [2.75, 3.05) is 0 Å². The molecule has 1 fully saturated rings. The lowest BCUT2D eigenvalue weighted by Crippen LogP contribution is -2.08. The number of rotatable bonds is 3. The van der Waals surface area contributed by atoms with Gasteiger partial charge in [0.15, 0.2) is 0 Å². The van der Waals surface area contributed by atoms with Crippen LogP contribution in [0.5, 0.6) is 0 Å². The van der Waals surface area contributed by atoms with Gasteiger partial charge in [-0.25, -0.2) is 4.39 Å². The lowest BCUT2D eigenvalue weighted by molar-refractivity contribution is 0.429. The van der Waals surface area contributed by atoms with E-state index in [1.165, 1.54) is 49.4 Å². The molecule has 3 aromatic rings. The Bertz CT molecular complexity index is 852. The van der Waals surface area contributed by atoms with Crippen molar-refractivity contribution in [2.45, 2.75) is 49.3 Å². The zero-order valence-corrected chi connectivity index (χ0v) is 15.2. The molecule has 0 radical (unpaired) electrons. The first kappa shape index (κ1) is 16.7. The van der Waals surface area contributed by atoms with Crippen molar-refractivity contribution in [3.05, 3.63) is 65.6 Å². The van der Waals surface area contributed by atoms with Gasteiger partial charge >= 0.3 is 0 Å². The van der Waals surface area contributed by atoms with E-state index >= 15 is 0 Å². The molecule has 1 aliphatic carbocycles. The van der Waals surface area contributed by atoms with Crippen molar-refractivity contribution < 1.29 is 4.39 Å². The Morgan fingerprint density at radius 3 is 2.64 bits per heavy atom. The van der Waals surface area contributed by atoms with E-state index in [9.17, 15) is 4.39 Å². The fraction of sp³-hybridized carbons (Fsp3) is 0.364. The molecule has 2 aromatic carbocycles. The highest BCUT2D eigenvalue weighted by Crippen LogP contribution is 2.37. The van der Waals surface area contributed by atoms with Crippen LogP contribution in [0.15, 0.2) is 53.4 Å². The van der Waals surface area contributed by atoms with Crippen LogP contribution >= 0.6 is 12.6 Å². The Hall–Kier alpha value is -1.74. The molecule has 0 amide bonds. The van der Waals surface area contributed by atoms with E-state index in [1.54, 1.807) is 6.07 Å². The van der Waals surface area contributed by atoms with E-state index in [0.717, 1.165) is 22.2 Å². The molecular weight excluding hydrogens is 329 g/mol. The Morgan fingerprint density at radius 1 is 1.00 bits per heavy atom. The summed E-state index contributed by atoms with van der Waals surface area (Å²) >= 11 is 4.38. The van der Waals surface area contributed by atoms with Gasteiger partial charge in [0.25, 0.3) is 0 Å². The maximum atomic E-state index is 13.5. The standard InChI is InChI=1S/C22H24FNS/c23-19-7-10-21-18(13-19)14-22(24-21)17-4-2-1-3-16(12-17)11-15-5-8-20(25)9-6-15/h5-10,13-14,16-17,24-25H,1-4,11-12H2. The zero-order valence-electron chi connectivity index (χ0n) is 14.3. The first-order valence-corrected chi connectivity index (χ1v) is 9.68. The number of nitrogens with one attached hydrogen (secondary N) is 1. The molecule has 2 unspecified atom stereocenters. The molecule has 1 aliphatic rings. The van der Waals surface area contributed by atoms with Crippen molar-refractivity contribution >= 4 is 23.5 Å². The van der Waals surface area contributed by atoms with Crippen molar-refractivity contribution in [1.29, 1.82) is 0 Å².